The van der Waals surface area contributed by atoms with E-state index < -0.39 is 0 Å². The van der Waals surface area contributed by atoms with E-state index in [4.69, 9.17) is 9.47 Å². The number of hydrogen-bond donors (Lipinski definition) is 2. The number of hydrogen-bond acceptors (Lipinski definition) is 4. The number of guanidine groups is 1. The highest BCUT2D eigenvalue weighted by atomic mass is 16.5. The van der Waals surface area contributed by atoms with E-state index in [0.717, 1.165) is 42.4 Å². The Hall–Kier alpha value is -3.32. The molecule has 1 fully saturated rings. The maximum Gasteiger partial charge on any atom is 0.191 e. The van der Waals surface area contributed by atoms with Gasteiger partial charge >= 0.3 is 0 Å². The van der Waals surface area contributed by atoms with E-state index in [0.29, 0.717) is 19.7 Å². The van der Waals surface area contributed by atoms with Gasteiger partial charge in [0.1, 0.15) is 12.4 Å². The quantitative estimate of drug-likeness (QED) is 0.419. The number of ether oxygens (including phenoxy) is 2. The molecule has 0 bridgehead atoms. The Morgan fingerprint density at radius 3 is 2.75 bits per heavy atom. The minimum absolute atomic E-state index is 0.199. The lowest BCUT2D eigenvalue weighted by atomic mass is 10.1. The Labute approximate surface area is 189 Å². The molecule has 168 valence electrons. The van der Waals surface area contributed by atoms with E-state index in [1.54, 1.807) is 13.2 Å². The van der Waals surface area contributed by atoms with Crippen molar-refractivity contribution in [3.05, 3.63) is 77.6 Å². The normalized spacial score (nSPS) is 16.2. The van der Waals surface area contributed by atoms with Gasteiger partial charge in [0.05, 0.1) is 11.8 Å². The Morgan fingerprint density at radius 1 is 1.19 bits per heavy atom. The molecule has 32 heavy (non-hydrogen) atoms. The largest absolute Gasteiger partial charge is 0.491 e. The fraction of sp³-hybridized carbons (Fsp3) is 0.360. The van der Waals surface area contributed by atoms with Crippen LogP contribution in [0.25, 0.3) is 5.69 Å². The number of benzene rings is 2. The number of nitrogens with one attached hydrogen (secondary N) is 2. The molecule has 1 aromatic heterocycles. The highest BCUT2D eigenvalue weighted by molar-refractivity contribution is 5.79. The van der Waals surface area contributed by atoms with Crippen LogP contribution in [0.5, 0.6) is 5.75 Å². The molecule has 2 N–H and O–H groups in total. The topological polar surface area (TPSA) is 72.7 Å². The predicted octanol–water partition coefficient (Wildman–Crippen LogP) is 3.60. The monoisotopic (exact) mass is 433 g/mol. The Bertz CT molecular complexity index is 1010. The van der Waals surface area contributed by atoms with Crippen LogP contribution >= 0.6 is 0 Å². The molecule has 1 saturated heterocycles. The van der Waals surface area contributed by atoms with Gasteiger partial charge < -0.3 is 20.1 Å². The highest BCUT2D eigenvalue weighted by Crippen LogP contribution is 2.22. The Morgan fingerprint density at radius 2 is 2.03 bits per heavy atom. The third kappa shape index (κ3) is 5.88. The van der Waals surface area contributed by atoms with Gasteiger partial charge in [0.25, 0.3) is 0 Å². The van der Waals surface area contributed by atoms with Crippen LogP contribution in [0.15, 0.2) is 65.9 Å². The fourth-order valence-electron chi connectivity index (χ4n) is 3.67. The first kappa shape index (κ1) is 21.9. The van der Waals surface area contributed by atoms with Crippen molar-refractivity contribution >= 4 is 5.96 Å². The van der Waals surface area contributed by atoms with Gasteiger partial charge in [-0.25, -0.2) is 4.68 Å². The van der Waals surface area contributed by atoms with Crippen LogP contribution in [0.3, 0.4) is 0 Å². The average Bonchev–Trinajstić information content (AvgIpc) is 3.54. The number of aryl methyl sites for hydroxylation is 1. The zero-order valence-electron chi connectivity index (χ0n) is 18.8. The van der Waals surface area contributed by atoms with E-state index in [1.165, 1.54) is 11.1 Å². The van der Waals surface area contributed by atoms with Crippen molar-refractivity contribution in [3.8, 4) is 11.4 Å². The first-order valence-corrected chi connectivity index (χ1v) is 11.1. The van der Waals surface area contributed by atoms with Gasteiger partial charge in [0.2, 0.25) is 0 Å². The lowest BCUT2D eigenvalue weighted by molar-refractivity contribution is 0.0676. The molecule has 1 unspecified atom stereocenters. The molecule has 4 rings (SSSR count). The summed E-state index contributed by atoms with van der Waals surface area (Å²) in [6.45, 7) is 4.81. The summed E-state index contributed by atoms with van der Waals surface area (Å²) >= 11 is 0. The second kappa shape index (κ2) is 10.8. The molecule has 7 heteroatoms. The molecule has 2 aromatic carbocycles. The number of aliphatic imine (C=N–C) groups is 1. The molecule has 0 aliphatic carbocycles. The lowest BCUT2D eigenvalue weighted by Gasteiger charge is -2.17. The van der Waals surface area contributed by atoms with Gasteiger partial charge in [-0.15, -0.1) is 0 Å². The molecule has 1 atom stereocenters. The molecule has 3 aromatic rings. The Balaban J connectivity index is 1.30. The zero-order chi connectivity index (χ0) is 22.2. The van der Waals surface area contributed by atoms with Gasteiger partial charge in [-0.3, -0.25) is 4.99 Å². The van der Waals surface area contributed by atoms with Crippen molar-refractivity contribution in [2.75, 3.05) is 20.3 Å². The highest BCUT2D eigenvalue weighted by Gasteiger charge is 2.17. The van der Waals surface area contributed by atoms with Gasteiger partial charge in [-0.1, -0.05) is 24.3 Å². The minimum Gasteiger partial charge on any atom is -0.491 e. The summed E-state index contributed by atoms with van der Waals surface area (Å²) in [6, 6.07) is 16.5. The summed E-state index contributed by atoms with van der Waals surface area (Å²) in [4.78, 5) is 4.35. The molecular formula is C25H31N5O2. The van der Waals surface area contributed by atoms with Crippen LogP contribution in [-0.2, 0) is 17.8 Å². The zero-order valence-corrected chi connectivity index (χ0v) is 18.8. The van der Waals surface area contributed by atoms with Crippen molar-refractivity contribution in [2.45, 2.75) is 39.0 Å². The van der Waals surface area contributed by atoms with Crippen molar-refractivity contribution < 1.29 is 9.47 Å². The SMILES string of the molecule is CN=C(NCc1ccc(-n2cccn2)cc1)NCc1ccc(C)cc1OCC1CCCO1. The van der Waals surface area contributed by atoms with E-state index in [2.05, 4.69) is 70.1 Å². The van der Waals surface area contributed by atoms with Crippen molar-refractivity contribution in [1.29, 1.82) is 0 Å². The van der Waals surface area contributed by atoms with Crippen LogP contribution < -0.4 is 15.4 Å². The van der Waals surface area contributed by atoms with E-state index >= 15 is 0 Å². The number of nitrogens with zero attached hydrogens (tertiary/aromatic N) is 3. The molecule has 1 aliphatic heterocycles. The smallest absolute Gasteiger partial charge is 0.191 e. The van der Waals surface area contributed by atoms with Gasteiger partial charge in [-0.2, -0.15) is 5.10 Å². The summed E-state index contributed by atoms with van der Waals surface area (Å²) < 4.78 is 13.6. The molecule has 0 saturated carbocycles. The van der Waals surface area contributed by atoms with Crippen LogP contribution in [0.4, 0.5) is 0 Å². The predicted molar refractivity (Wildman–Crippen MR) is 126 cm³/mol. The standard InChI is InChI=1S/C25H31N5O2/c1-19-6-9-21(24(15-19)32-18-23-5-3-14-31-23)17-28-25(26-2)27-16-20-7-10-22(11-8-20)30-13-4-12-29-30/h4,6-13,15,23H,3,5,14,16-18H2,1-2H3,(H2,26,27,28). The fourth-order valence-corrected chi connectivity index (χ4v) is 3.67. The summed E-state index contributed by atoms with van der Waals surface area (Å²) in [7, 11) is 1.78. The molecule has 0 spiro atoms. The van der Waals surface area contributed by atoms with Crippen LogP contribution in [0.1, 0.15) is 29.5 Å². The molecule has 0 radical (unpaired) electrons. The second-order valence-corrected chi connectivity index (χ2v) is 7.95. The summed E-state index contributed by atoms with van der Waals surface area (Å²) in [6.07, 6.45) is 6.09. The first-order chi connectivity index (χ1) is 15.7. The van der Waals surface area contributed by atoms with Crippen molar-refractivity contribution in [2.24, 2.45) is 4.99 Å². The van der Waals surface area contributed by atoms with Crippen LogP contribution in [0.2, 0.25) is 0 Å². The van der Waals surface area contributed by atoms with E-state index in [9.17, 15) is 0 Å². The number of aromatic nitrogens is 2. The molecule has 0 amide bonds. The Kier molecular flexibility index (Phi) is 7.40. The van der Waals surface area contributed by atoms with Gasteiger partial charge in [-0.05, 0) is 55.2 Å². The number of rotatable bonds is 8. The maximum atomic E-state index is 6.11. The van der Waals surface area contributed by atoms with Crippen LogP contribution in [-0.4, -0.2) is 42.1 Å². The maximum absolute atomic E-state index is 6.11. The summed E-state index contributed by atoms with van der Waals surface area (Å²) in [5.74, 6) is 1.64. The molecule has 7 nitrogen and oxygen atoms in total. The van der Waals surface area contributed by atoms with Gasteiger partial charge in [0, 0.05) is 44.7 Å². The van der Waals surface area contributed by atoms with Crippen molar-refractivity contribution in [3.63, 3.8) is 0 Å². The van der Waals surface area contributed by atoms with E-state index in [1.807, 2.05) is 16.9 Å². The minimum atomic E-state index is 0.199. The third-order valence-electron chi connectivity index (χ3n) is 5.51. The lowest BCUT2D eigenvalue weighted by Crippen LogP contribution is -2.36. The van der Waals surface area contributed by atoms with Crippen LogP contribution in [0, 0.1) is 6.92 Å². The molecule has 1 aliphatic rings. The summed E-state index contributed by atoms with van der Waals surface area (Å²) in [5.41, 5.74) is 4.48. The third-order valence-corrected chi connectivity index (χ3v) is 5.51. The van der Waals surface area contributed by atoms with Crippen molar-refractivity contribution in [1.82, 2.24) is 20.4 Å². The first-order valence-electron chi connectivity index (χ1n) is 11.1. The molecule has 2 heterocycles. The second-order valence-electron chi connectivity index (χ2n) is 7.95. The average molecular weight is 434 g/mol. The molecular weight excluding hydrogens is 402 g/mol. The van der Waals surface area contributed by atoms with Gasteiger partial charge in [0.15, 0.2) is 5.96 Å². The summed E-state index contributed by atoms with van der Waals surface area (Å²) in [5, 5.41) is 11.0. The van der Waals surface area contributed by atoms with E-state index in [-0.39, 0.29) is 6.10 Å².